The summed E-state index contributed by atoms with van der Waals surface area (Å²) in [4.78, 5) is 5.89. The molecule has 0 fully saturated rings. The van der Waals surface area contributed by atoms with E-state index in [9.17, 15) is 0 Å². The molecule has 1 aromatic heterocycles. The van der Waals surface area contributed by atoms with Gasteiger partial charge in [-0.15, -0.1) is 11.3 Å². The van der Waals surface area contributed by atoms with Crippen LogP contribution in [0.25, 0.3) is 11.3 Å². The van der Waals surface area contributed by atoms with Gasteiger partial charge in [0.15, 0.2) is 5.13 Å². The Bertz CT molecular complexity index is 800. The number of thiazole rings is 1. The van der Waals surface area contributed by atoms with Gasteiger partial charge in [0.05, 0.1) is 25.6 Å². The van der Waals surface area contributed by atoms with E-state index in [0.29, 0.717) is 0 Å². The van der Waals surface area contributed by atoms with Gasteiger partial charge in [-0.1, -0.05) is 30.3 Å². The molecule has 0 amide bonds. The van der Waals surface area contributed by atoms with Crippen molar-refractivity contribution in [1.29, 1.82) is 0 Å². The Balaban J connectivity index is 1.90. The van der Waals surface area contributed by atoms with Crippen LogP contribution in [-0.4, -0.2) is 19.2 Å². The fourth-order valence-corrected chi connectivity index (χ4v) is 3.18. The monoisotopic (exact) mass is 326 g/mol. The topological polar surface area (TPSA) is 43.4 Å². The maximum absolute atomic E-state index is 5.42. The summed E-state index contributed by atoms with van der Waals surface area (Å²) in [6.07, 6.45) is 0. The maximum Gasteiger partial charge on any atom is 0.188 e. The molecule has 0 saturated heterocycles. The number of aromatic nitrogens is 1. The van der Waals surface area contributed by atoms with Gasteiger partial charge >= 0.3 is 0 Å². The molecule has 1 heterocycles. The first-order valence-electron chi connectivity index (χ1n) is 7.23. The number of hydrogen-bond acceptors (Lipinski definition) is 5. The zero-order chi connectivity index (χ0) is 16.2. The van der Waals surface area contributed by atoms with Crippen molar-refractivity contribution in [3.63, 3.8) is 0 Å². The van der Waals surface area contributed by atoms with E-state index in [2.05, 4.69) is 24.4 Å². The molecule has 1 N–H and O–H groups in total. The summed E-state index contributed by atoms with van der Waals surface area (Å²) in [5.74, 6) is 1.48. The molecule has 3 rings (SSSR count). The first-order valence-corrected chi connectivity index (χ1v) is 8.05. The quantitative estimate of drug-likeness (QED) is 0.726. The zero-order valence-electron chi connectivity index (χ0n) is 13.3. The van der Waals surface area contributed by atoms with Gasteiger partial charge in [-0.25, -0.2) is 4.98 Å². The lowest BCUT2D eigenvalue weighted by atomic mass is 10.1. The number of rotatable bonds is 5. The molecular weight excluding hydrogens is 308 g/mol. The Kier molecular flexibility index (Phi) is 4.48. The Morgan fingerprint density at radius 3 is 2.48 bits per heavy atom. The van der Waals surface area contributed by atoms with E-state index in [4.69, 9.17) is 14.5 Å². The van der Waals surface area contributed by atoms with E-state index in [0.717, 1.165) is 33.6 Å². The highest BCUT2D eigenvalue weighted by atomic mass is 32.1. The fraction of sp³-hybridized carbons (Fsp3) is 0.167. The summed E-state index contributed by atoms with van der Waals surface area (Å²) in [5, 5.41) is 4.17. The van der Waals surface area contributed by atoms with Crippen molar-refractivity contribution in [1.82, 2.24) is 4.98 Å². The van der Waals surface area contributed by atoms with Gasteiger partial charge in [-0.05, 0) is 19.1 Å². The van der Waals surface area contributed by atoms with Gasteiger partial charge in [-0.3, -0.25) is 0 Å². The molecule has 0 saturated carbocycles. The number of aryl methyl sites for hydroxylation is 1. The Morgan fingerprint density at radius 1 is 1.00 bits per heavy atom. The lowest BCUT2D eigenvalue weighted by Gasteiger charge is -2.10. The van der Waals surface area contributed by atoms with Crippen molar-refractivity contribution in [2.24, 2.45) is 0 Å². The minimum Gasteiger partial charge on any atom is -0.497 e. The van der Waals surface area contributed by atoms with Crippen LogP contribution >= 0.6 is 11.3 Å². The predicted octanol–water partition coefficient (Wildman–Crippen LogP) is 4.88. The second-order valence-electron chi connectivity index (χ2n) is 4.98. The van der Waals surface area contributed by atoms with E-state index in [1.807, 2.05) is 36.4 Å². The summed E-state index contributed by atoms with van der Waals surface area (Å²) in [6, 6.07) is 15.9. The van der Waals surface area contributed by atoms with Crippen LogP contribution in [0.2, 0.25) is 0 Å². The van der Waals surface area contributed by atoms with Crippen LogP contribution in [0.1, 0.15) is 4.88 Å². The summed E-state index contributed by atoms with van der Waals surface area (Å²) in [7, 11) is 3.28. The van der Waals surface area contributed by atoms with Gasteiger partial charge in [-0.2, -0.15) is 0 Å². The summed E-state index contributed by atoms with van der Waals surface area (Å²) < 4.78 is 10.6. The van der Waals surface area contributed by atoms with E-state index < -0.39 is 0 Å². The molecule has 0 aliphatic heterocycles. The lowest BCUT2D eigenvalue weighted by molar-refractivity contribution is 0.395. The number of nitrogens with zero attached hydrogens (tertiary/aromatic N) is 1. The van der Waals surface area contributed by atoms with Crippen molar-refractivity contribution in [2.75, 3.05) is 19.5 Å². The van der Waals surface area contributed by atoms with Gasteiger partial charge in [0.25, 0.3) is 0 Å². The van der Waals surface area contributed by atoms with Crippen LogP contribution in [0.15, 0.2) is 48.5 Å². The number of ether oxygens (including phenoxy) is 2. The average molecular weight is 326 g/mol. The molecule has 23 heavy (non-hydrogen) atoms. The number of hydrogen-bond donors (Lipinski definition) is 1. The third-order valence-corrected chi connectivity index (χ3v) is 4.38. The van der Waals surface area contributed by atoms with Gasteiger partial charge in [0.1, 0.15) is 11.5 Å². The smallest absolute Gasteiger partial charge is 0.188 e. The van der Waals surface area contributed by atoms with Crippen LogP contribution in [0, 0.1) is 6.92 Å². The molecule has 4 nitrogen and oxygen atoms in total. The predicted molar refractivity (Wildman–Crippen MR) is 95.1 cm³/mol. The van der Waals surface area contributed by atoms with Crippen LogP contribution in [0.5, 0.6) is 11.5 Å². The first kappa shape index (κ1) is 15.4. The maximum atomic E-state index is 5.42. The molecule has 0 unspecified atom stereocenters. The number of methoxy groups -OCH3 is 2. The largest absolute Gasteiger partial charge is 0.497 e. The lowest BCUT2D eigenvalue weighted by Crippen LogP contribution is -1.95. The highest BCUT2D eigenvalue weighted by molar-refractivity contribution is 7.16. The van der Waals surface area contributed by atoms with Crippen LogP contribution in [0.4, 0.5) is 10.8 Å². The second kappa shape index (κ2) is 6.71. The molecule has 0 aliphatic carbocycles. The van der Waals surface area contributed by atoms with Gasteiger partial charge in [0, 0.05) is 16.5 Å². The summed E-state index contributed by atoms with van der Waals surface area (Å²) in [6.45, 7) is 2.08. The Hall–Kier alpha value is -2.53. The molecular formula is C18H18N2O2S. The molecule has 0 atom stereocenters. The van der Waals surface area contributed by atoms with Crippen molar-refractivity contribution in [3.05, 3.63) is 53.4 Å². The molecule has 0 spiro atoms. The minimum atomic E-state index is 0.721. The zero-order valence-corrected chi connectivity index (χ0v) is 14.1. The molecule has 0 bridgehead atoms. The molecule has 5 heteroatoms. The SMILES string of the molecule is COc1ccc(Nc2nc(-c3ccccc3)c(C)s2)c(OC)c1. The number of nitrogens with one attached hydrogen (secondary N) is 1. The van der Waals surface area contributed by atoms with Crippen LogP contribution in [-0.2, 0) is 0 Å². The third-order valence-electron chi connectivity index (χ3n) is 3.49. The Morgan fingerprint density at radius 2 is 1.78 bits per heavy atom. The third kappa shape index (κ3) is 3.29. The van der Waals surface area contributed by atoms with E-state index in [1.54, 1.807) is 25.6 Å². The van der Waals surface area contributed by atoms with Crippen LogP contribution < -0.4 is 14.8 Å². The molecule has 118 valence electrons. The average Bonchev–Trinajstić information content (AvgIpc) is 2.96. The van der Waals surface area contributed by atoms with E-state index in [1.165, 1.54) is 4.88 Å². The van der Waals surface area contributed by atoms with Crippen molar-refractivity contribution in [2.45, 2.75) is 6.92 Å². The summed E-state index contributed by atoms with van der Waals surface area (Å²) in [5.41, 5.74) is 2.99. The highest BCUT2D eigenvalue weighted by Gasteiger charge is 2.12. The number of anilines is 2. The van der Waals surface area contributed by atoms with Crippen molar-refractivity contribution >= 4 is 22.2 Å². The molecule has 3 aromatic rings. The van der Waals surface area contributed by atoms with E-state index in [-0.39, 0.29) is 0 Å². The highest BCUT2D eigenvalue weighted by Crippen LogP contribution is 2.35. The van der Waals surface area contributed by atoms with Gasteiger partial charge < -0.3 is 14.8 Å². The second-order valence-corrected chi connectivity index (χ2v) is 6.18. The standard InChI is InChI=1S/C18H18N2O2S/c1-12-17(13-7-5-4-6-8-13)20-18(23-12)19-15-10-9-14(21-2)11-16(15)22-3/h4-11H,1-3H3,(H,19,20). The van der Waals surface area contributed by atoms with Crippen molar-refractivity contribution < 1.29 is 9.47 Å². The van der Waals surface area contributed by atoms with Crippen molar-refractivity contribution in [3.8, 4) is 22.8 Å². The van der Waals surface area contributed by atoms with Crippen LogP contribution in [0.3, 0.4) is 0 Å². The Labute approximate surface area is 139 Å². The first-order chi connectivity index (χ1) is 11.2. The minimum absolute atomic E-state index is 0.721. The molecule has 0 radical (unpaired) electrons. The number of benzene rings is 2. The normalized spacial score (nSPS) is 10.4. The molecule has 0 aliphatic rings. The fourth-order valence-electron chi connectivity index (χ4n) is 2.33. The van der Waals surface area contributed by atoms with E-state index >= 15 is 0 Å². The van der Waals surface area contributed by atoms with Gasteiger partial charge in [0.2, 0.25) is 0 Å². The molecule has 2 aromatic carbocycles. The summed E-state index contributed by atoms with van der Waals surface area (Å²) >= 11 is 1.62.